The molecule has 4 aromatic rings. The van der Waals surface area contributed by atoms with Gasteiger partial charge in [0.1, 0.15) is 0 Å². The van der Waals surface area contributed by atoms with Gasteiger partial charge in [0, 0.05) is 35.8 Å². The van der Waals surface area contributed by atoms with E-state index >= 15 is 0 Å². The molecule has 0 aliphatic heterocycles. The van der Waals surface area contributed by atoms with Crippen LogP contribution in [0.1, 0.15) is 63.3 Å². The molecular formula is C27H33N7O. The lowest BCUT2D eigenvalue weighted by Gasteiger charge is -2.21. The maximum Gasteiger partial charge on any atom is 0.328 e. The van der Waals surface area contributed by atoms with Crippen molar-refractivity contribution in [1.29, 1.82) is 0 Å². The van der Waals surface area contributed by atoms with E-state index in [1.54, 1.807) is 0 Å². The van der Waals surface area contributed by atoms with Gasteiger partial charge in [-0.1, -0.05) is 62.9 Å². The van der Waals surface area contributed by atoms with Crippen LogP contribution < -0.4 is 5.69 Å². The second-order valence-corrected chi connectivity index (χ2v) is 9.57. The second-order valence-electron chi connectivity index (χ2n) is 9.57. The van der Waals surface area contributed by atoms with Crippen LogP contribution in [0.15, 0.2) is 53.6 Å². The van der Waals surface area contributed by atoms with Crippen molar-refractivity contribution in [2.75, 3.05) is 0 Å². The molecule has 1 aromatic carbocycles. The Balaban J connectivity index is 1.39. The molecule has 5 rings (SSSR count). The van der Waals surface area contributed by atoms with Crippen LogP contribution in [0.25, 0.3) is 22.5 Å². The standard InChI is InChI=1S/C27H33N7O/c1-2-3-11-23-19-33(17-20-9-5-4-6-10-20)27(35)34(23)18-22-15-14-21(16-28-22)24-12-7-8-13-25(24)26-29-31-32-30-26/h7-8,12-16,19-20H,2-6,9-11,17-18H2,1H3,(H,29,30,31,32). The maximum atomic E-state index is 13.4. The number of aryl methyl sites for hydroxylation is 1. The van der Waals surface area contributed by atoms with E-state index in [0.29, 0.717) is 18.3 Å². The molecule has 0 radical (unpaired) electrons. The van der Waals surface area contributed by atoms with Crippen molar-refractivity contribution in [3.05, 3.63) is 70.7 Å². The topological polar surface area (TPSA) is 94.3 Å². The van der Waals surface area contributed by atoms with Crippen molar-refractivity contribution in [3.63, 3.8) is 0 Å². The van der Waals surface area contributed by atoms with Crippen LogP contribution in [0.4, 0.5) is 0 Å². The summed E-state index contributed by atoms with van der Waals surface area (Å²) >= 11 is 0. The summed E-state index contributed by atoms with van der Waals surface area (Å²) < 4.78 is 3.88. The van der Waals surface area contributed by atoms with Crippen LogP contribution in [0, 0.1) is 5.92 Å². The number of benzene rings is 1. The number of unbranched alkanes of at least 4 members (excludes halogenated alkanes) is 1. The molecule has 1 N–H and O–H groups in total. The van der Waals surface area contributed by atoms with E-state index in [4.69, 9.17) is 4.98 Å². The van der Waals surface area contributed by atoms with Gasteiger partial charge < -0.3 is 0 Å². The van der Waals surface area contributed by atoms with Crippen LogP contribution in [-0.2, 0) is 19.5 Å². The fourth-order valence-electron chi connectivity index (χ4n) is 5.13. The van der Waals surface area contributed by atoms with Crippen molar-refractivity contribution in [3.8, 4) is 22.5 Å². The number of rotatable bonds is 9. The largest absolute Gasteiger partial charge is 0.328 e. The van der Waals surface area contributed by atoms with E-state index in [1.807, 2.05) is 45.7 Å². The Labute approximate surface area is 205 Å². The van der Waals surface area contributed by atoms with Crippen molar-refractivity contribution in [1.82, 2.24) is 34.7 Å². The van der Waals surface area contributed by atoms with E-state index in [9.17, 15) is 4.79 Å². The SMILES string of the molecule is CCCCc1cn(CC2CCCCC2)c(=O)n1Cc1ccc(-c2ccccc2-c2nn[nH]n2)cn1. The van der Waals surface area contributed by atoms with Gasteiger partial charge in [0.05, 0.1) is 12.2 Å². The zero-order chi connectivity index (χ0) is 24.0. The molecule has 8 nitrogen and oxygen atoms in total. The van der Waals surface area contributed by atoms with Crippen molar-refractivity contribution in [2.45, 2.75) is 71.4 Å². The number of nitrogens with zero attached hydrogens (tertiary/aromatic N) is 6. The molecule has 0 amide bonds. The Morgan fingerprint density at radius 2 is 1.89 bits per heavy atom. The number of imidazole rings is 1. The van der Waals surface area contributed by atoms with Crippen LogP contribution in [-0.4, -0.2) is 34.7 Å². The first kappa shape index (κ1) is 23.2. The molecule has 182 valence electrons. The van der Waals surface area contributed by atoms with E-state index in [1.165, 1.54) is 32.1 Å². The van der Waals surface area contributed by atoms with Crippen LogP contribution in [0.5, 0.6) is 0 Å². The Hall–Kier alpha value is -3.55. The molecule has 3 heterocycles. The first-order valence-corrected chi connectivity index (χ1v) is 12.8. The Kier molecular flexibility index (Phi) is 7.16. The number of aromatic nitrogens is 7. The average molecular weight is 472 g/mol. The number of aromatic amines is 1. The number of pyridine rings is 1. The molecule has 3 aromatic heterocycles. The minimum absolute atomic E-state index is 0.0926. The summed E-state index contributed by atoms with van der Waals surface area (Å²) in [4.78, 5) is 18.1. The quantitative estimate of drug-likeness (QED) is 0.376. The number of tetrazole rings is 1. The zero-order valence-electron chi connectivity index (χ0n) is 20.4. The van der Waals surface area contributed by atoms with Gasteiger partial charge in [-0.25, -0.2) is 4.79 Å². The lowest BCUT2D eigenvalue weighted by atomic mass is 9.89. The molecule has 0 unspecified atom stereocenters. The minimum atomic E-state index is 0.0926. The lowest BCUT2D eigenvalue weighted by molar-refractivity contribution is 0.315. The van der Waals surface area contributed by atoms with E-state index < -0.39 is 0 Å². The van der Waals surface area contributed by atoms with Crippen molar-refractivity contribution in [2.24, 2.45) is 5.92 Å². The summed E-state index contributed by atoms with van der Waals surface area (Å²) in [6, 6.07) is 12.0. The van der Waals surface area contributed by atoms with Gasteiger partial charge in [0.2, 0.25) is 5.82 Å². The second kappa shape index (κ2) is 10.8. The van der Waals surface area contributed by atoms with Gasteiger partial charge in [-0.3, -0.25) is 14.1 Å². The summed E-state index contributed by atoms with van der Waals surface area (Å²) in [7, 11) is 0. The monoisotopic (exact) mass is 471 g/mol. The van der Waals surface area contributed by atoms with Gasteiger partial charge in [-0.2, -0.15) is 5.21 Å². The van der Waals surface area contributed by atoms with Gasteiger partial charge in [0.15, 0.2) is 0 Å². The fraction of sp³-hybridized carbons (Fsp3) is 0.444. The van der Waals surface area contributed by atoms with E-state index in [0.717, 1.165) is 53.9 Å². The van der Waals surface area contributed by atoms with Gasteiger partial charge >= 0.3 is 5.69 Å². The Bertz CT molecular complexity index is 1280. The van der Waals surface area contributed by atoms with Crippen molar-refractivity contribution >= 4 is 0 Å². The molecule has 0 saturated heterocycles. The highest BCUT2D eigenvalue weighted by Gasteiger charge is 2.18. The fourth-order valence-corrected chi connectivity index (χ4v) is 5.13. The normalized spacial score (nSPS) is 14.4. The highest BCUT2D eigenvalue weighted by atomic mass is 16.1. The smallest absolute Gasteiger partial charge is 0.299 e. The summed E-state index contributed by atoms with van der Waals surface area (Å²) in [5, 5.41) is 14.5. The number of hydrogen-bond acceptors (Lipinski definition) is 5. The molecule has 1 fully saturated rings. The summed E-state index contributed by atoms with van der Waals surface area (Å²) in [6.07, 6.45) is 13.4. The summed E-state index contributed by atoms with van der Waals surface area (Å²) in [6.45, 7) is 3.51. The third kappa shape index (κ3) is 5.26. The number of hydrogen-bond donors (Lipinski definition) is 1. The third-order valence-electron chi connectivity index (χ3n) is 7.06. The predicted octanol–water partition coefficient (Wildman–Crippen LogP) is 4.86. The predicted molar refractivity (Wildman–Crippen MR) is 136 cm³/mol. The first-order valence-electron chi connectivity index (χ1n) is 12.8. The minimum Gasteiger partial charge on any atom is -0.299 e. The highest BCUT2D eigenvalue weighted by Crippen LogP contribution is 2.29. The Morgan fingerprint density at radius 1 is 1.06 bits per heavy atom. The molecule has 1 aliphatic rings. The molecule has 0 atom stereocenters. The molecule has 35 heavy (non-hydrogen) atoms. The van der Waals surface area contributed by atoms with Gasteiger partial charge in [-0.15, -0.1) is 10.2 Å². The molecule has 0 spiro atoms. The van der Waals surface area contributed by atoms with E-state index in [2.05, 4.69) is 39.8 Å². The molecular weight excluding hydrogens is 438 g/mol. The van der Waals surface area contributed by atoms with Gasteiger partial charge in [0.25, 0.3) is 0 Å². The zero-order valence-corrected chi connectivity index (χ0v) is 20.4. The van der Waals surface area contributed by atoms with Crippen LogP contribution in [0.3, 0.4) is 0 Å². The molecule has 1 aliphatic carbocycles. The molecule has 0 bridgehead atoms. The Morgan fingerprint density at radius 3 is 2.60 bits per heavy atom. The molecule has 1 saturated carbocycles. The summed E-state index contributed by atoms with van der Waals surface area (Å²) in [5.41, 5.74) is 4.95. The number of H-pyrrole nitrogens is 1. The lowest BCUT2D eigenvalue weighted by Crippen LogP contribution is -2.28. The van der Waals surface area contributed by atoms with Crippen LogP contribution in [0.2, 0.25) is 0 Å². The first-order chi connectivity index (χ1) is 17.2. The highest BCUT2D eigenvalue weighted by molar-refractivity contribution is 5.79. The van der Waals surface area contributed by atoms with Crippen LogP contribution >= 0.6 is 0 Å². The van der Waals surface area contributed by atoms with E-state index in [-0.39, 0.29) is 5.69 Å². The summed E-state index contributed by atoms with van der Waals surface area (Å²) in [5.74, 6) is 1.17. The molecule has 8 heteroatoms. The number of nitrogens with one attached hydrogen (secondary N) is 1. The maximum absolute atomic E-state index is 13.4. The average Bonchev–Trinajstić information content (AvgIpc) is 3.54. The van der Waals surface area contributed by atoms with Gasteiger partial charge in [-0.05, 0) is 48.4 Å². The third-order valence-corrected chi connectivity index (χ3v) is 7.06. The van der Waals surface area contributed by atoms with Crippen molar-refractivity contribution < 1.29 is 0 Å².